The number of nitrogens with zero attached hydrogens (tertiary/aromatic N) is 1. The highest BCUT2D eigenvalue weighted by molar-refractivity contribution is 7.99. The van der Waals surface area contributed by atoms with Crippen LogP contribution in [-0.2, 0) is 9.53 Å². The Hall–Kier alpha value is -2.19. The lowest BCUT2D eigenvalue weighted by Crippen LogP contribution is -2.18. The molecule has 1 aliphatic rings. The normalized spacial score (nSPS) is 14.2. The maximum Gasteiger partial charge on any atom is 0.370 e. The topological polar surface area (TPSA) is 38.8 Å². The number of hydrogen-bond acceptors (Lipinski definition) is 6. The van der Waals surface area contributed by atoms with Crippen LogP contribution in [0, 0.1) is 5.82 Å². The zero-order chi connectivity index (χ0) is 20.8. The molecule has 2 aromatic carbocycles. The number of carbonyl (C=O) groups excluding carboxylic acids is 1. The van der Waals surface area contributed by atoms with E-state index in [1.165, 1.54) is 23.9 Å². The number of ether oxygens (including phenoxy) is 2. The second-order valence-electron chi connectivity index (χ2n) is 6.10. The van der Waals surface area contributed by atoms with Crippen molar-refractivity contribution in [1.29, 1.82) is 0 Å². The van der Waals surface area contributed by atoms with E-state index in [-0.39, 0.29) is 12.4 Å². The average molecular weight is 438 g/mol. The minimum atomic E-state index is -1.09. The highest BCUT2D eigenvalue weighted by atomic mass is 32.2. The number of halogens is 2. The fourth-order valence-electron chi connectivity index (χ4n) is 2.89. The van der Waals surface area contributed by atoms with Gasteiger partial charge in [-0.05, 0) is 61.8 Å². The van der Waals surface area contributed by atoms with Gasteiger partial charge >= 0.3 is 5.97 Å². The molecule has 4 nitrogen and oxygen atoms in total. The van der Waals surface area contributed by atoms with E-state index in [9.17, 15) is 13.6 Å². The molecule has 0 atom stereocenters. The van der Waals surface area contributed by atoms with Crippen molar-refractivity contribution in [2.45, 2.75) is 23.1 Å². The second-order valence-corrected chi connectivity index (χ2v) is 8.09. The van der Waals surface area contributed by atoms with Gasteiger partial charge in [-0.2, -0.15) is 4.39 Å². The van der Waals surface area contributed by atoms with Crippen molar-refractivity contribution in [3.8, 4) is 5.75 Å². The van der Waals surface area contributed by atoms with Gasteiger partial charge in [0.05, 0.1) is 17.2 Å². The molecule has 0 aliphatic carbocycles. The predicted molar refractivity (Wildman–Crippen MR) is 113 cm³/mol. The Morgan fingerprint density at radius 3 is 2.76 bits per heavy atom. The van der Waals surface area contributed by atoms with Gasteiger partial charge in [-0.3, -0.25) is 0 Å². The summed E-state index contributed by atoms with van der Waals surface area (Å²) in [6, 6.07) is 10.2. The number of fused-ring (bicyclic) bond motifs is 1. The molecule has 154 valence electrons. The van der Waals surface area contributed by atoms with Gasteiger partial charge in [0.25, 0.3) is 0 Å². The molecule has 29 heavy (non-hydrogen) atoms. The van der Waals surface area contributed by atoms with E-state index in [0.717, 1.165) is 46.1 Å². The van der Waals surface area contributed by atoms with Crippen LogP contribution < -0.4 is 9.64 Å². The zero-order valence-corrected chi connectivity index (χ0v) is 17.7. The fraction of sp³-hybridized carbons (Fsp3) is 0.286. The Balaban J connectivity index is 1.94. The minimum Gasteiger partial charge on any atom is -0.461 e. The molecule has 0 amide bonds. The molecule has 0 radical (unpaired) electrons. The first kappa shape index (κ1) is 21.5. The van der Waals surface area contributed by atoms with Crippen LogP contribution in [0.2, 0.25) is 0 Å². The van der Waals surface area contributed by atoms with Crippen molar-refractivity contribution >= 4 is 40.9 Å². The molecule has 3 rings (SSSR count). The molecule has 0 bridgehead atoms. The third-order valence-electron chi connectivity index (χ3n) is 4.22. The molecule has 0 saturated heterocycles. The van der Waals surface area contributed by atoms with Crippen molar-refractivity contribution in [2.75, 3.05) is 30.1 Å². The van der Waals surface area contributed by atoms with Gasteiger partial charge in [-0.1, -0.05) is 0 Å². The second kappa shape index (κ2) is 10.0. The summed E-state index contributed by atoms with van der Waals surface area (Å²) < 4.78 is 37.3. The Bertz CT molecular complexity index is 904. The van der Waals surface area contributed by atoms with Crippen LogP contribution >= 0.6 is 23.5 Å². The van der Waals surface area contributed by atoms with E-state index in [1.807, 2.05) is 18.4 Å². The van der Waals surface area contributed by atoms with Crippen molar-refractivity contribution in [2.24, 2.45) is 0 Å². The maximum atomic E-state index is 13.8. The van der Waals surface area contributed by atoms with Gasteiger partial charge in [0, 0.05) is 17.1 Å². The van der Waals surface area contributed by atoms with Crippen LogP contribution in [0.1, 0.15) is 13.3 Å². The summed E-state index contributed by atoms with van der Waals surface area (Å²) in [5, 5.41) is 0. The summed E-state index contributed by atoms with van der Waals surface area (Å²) in [5.41, 5.74) is 1.90. The van der Waals surface area contributed by atoms with Crippen LogP contribution in [0.5, 0.6) is 5.75 Å². The van der Waals surface area contributed by atoms with Crippen molar-refractivity contribution in [3.05, 3.63) is 54.3 Å². The summed E-state index contributed by atoms with van der Waals surface area (Å²) in [4.78, 5) is 15.4. The quantitative estimate of drug-likeness (QED) is 0.241. The largest absolute Gasteiger partial charge is 0.461 e. The fourth-order valence-corrected chi connectivity index (χ4v) is 4.42. The standard InChI is InChI=1S/C21H21F2NO3S2/c1-3-26-21(25)16(23)13-27-18-12-19-17(11-20(18)28-2)24(9-4-10-29-19)15-7-5-14(22)6-8-15/h5-8,11-13H,3-4,9-10H2,1-2H3/b16-13-. The number of hydrogen-bond donors (Lipinski definition) is 0. The van der Waals surface area contributed by atoms with Gasteiger partial charge in [-0.15, -0.1) is 23.5 Å². The van der Waals surface area contributed by atoms with Gasteiger partial charge in [-0.25, -0.2) is 9.18 Å². The van der Waals surface area contributed by atoms with E-state index in [4.69, 9.17) is 4.74 Å². The number of anilines is 2. The zero-order valence-electron chi connectivity index (χ0n) is 16.1. The number of esters is 1. The first-order chi connectivity index (χ1) is 14.0. The Morgan fingerprint density at radius 1 is 1.31 bits per heavy atom. The number of benzene rings is 2. The molecule has 1 heterocycles. The summed E-state index contributed by atoms with van der Waals surface area (Å²) >= 11 is 3.14. The van der Waals surface area contributed by atoms with Gasteiger partial charge < -0.3 is 14.4 Å². The summed E-state index contributed by atoms with van der Waals surface area (Å²) in [5.74, 6) is -1.04. The predicted octanol–water partition coefficient (Wildman–Crippen LogP) is 5.93. The SMILES string of the molecule is CCOC(=O)/C(F)=C/Oc1cc2c(cc1SC)N(c1ccc(F)cc1)CCCS2. The van der Waals surface area contributed by atoms with Crippen LogP contribution in [0.4, 0.5) is 20.2 Å². The molecule has 0 aromatic heterocycles. The van der Waals surface area contributed by atoms with Gasteiger partial charge in [0.15, 0.2) is 0 Å². The van der Waals surface area contributed by atoms with Gasteiger partial charge in [0.1, 0.15) is 17.8 Å². The third kappa shape index (κ3) is 5.25. The van der Waals surface area contributed by atoms with Crippen LogP contribution in [-0.4, -0.2) is 31.1 Å². The molecular formula is C21H21F2NO3S2. The van der Waals surface area contributed by atoms with Gasteiger partial charge in [0.2, 0.25) is 5.83 Å². The lowest BCUT2D eigenvalue weighted by atomic mass is 10.2. The van der Waals surface area contributed by atoms with E-state index < -0.39 is 11.8 Å². The van der Waals surface area contributed by atoms with Crippen molar-refractivity contribution in [1.82, 2.24) is 0 Å². The van der Waals surface area contributed by atoms with Crippen LogP contribution in [0.15, 0.2) is 58.3 Å². The van der Waals surface area contributed by atoms with E-state index >= 15 is 0 Å². The van der Waals surface area contributed by atoms with Crippen molar-refractivity contribution in [3.63, 3.8) is 0 Å². The molecule has 8 heteroatoms. The smallest absolute Gasteiger partial charge is 0.370 e. The Labute approximate surface area is 177 Å². The van der Waals surface area contributed by atoms with E-state index in [2.05, 4.69) is 9.64 Å². The van der Waals surface area contributed by atoms with Crippen molar-refractivity contribution < 1.29 is 23.0 Å². The molecule has 1 aliphatic heterocycles. The molecule has 0 fully saturated rings. The number of thioether (sulfide) groups is 2. The summed E-state index contributed by atoms with van der Waals surface area (Å²) in [7, 11) is 0. The summed E-state index contributed by atoms with van der Waals surface area (Å²) in [6.45, 7) is 2.50. The lowest BCUT2D eigenvalue weighted by Gasteiger charge is -2.26. The van der Waals surface area contributed by atoms with E-state index in [1.54, 1.807) is 30.8 Å². The first-order valence-electron chi connectivity index (χ1n) is 9.11. The maximum absolute atomic E-state index is 13.8. The molecule has 0 spiro atoms. The third-order valence-corrected chi connectivity index (χ3v) is 6.11. The number of carbonyl (C=O) groups is 1. The molecule has 2 aromatic rings. The molecular weight excluding hydrogens is 416 g/mol. The van der Waals surface area contributed by atoms with Crippen LogP contribution in [0.25, 0.3) is 0 Å². The number of rotatable bonds is 6. The molecule has 0 unspecified atom stereocenters. The Kier molecular flexibility index (Phi) is 7.44. The lowest BCUT2D eigenvalue weighted by molar-refractivity contribution is -0.140. The molecule has 0 N–H and O–H groups in total. The molecule has 0 saturated carbocycles. The van der Waals surface area contributed by atoms with E-state index in [0.29, 0.717) is 5.75 Å². The Morgan fingerprint density at radius 2 is 2.07 bits per heavy atom. The summed E-state index contributed by atoms with van der Waals surface area (Å²) in [6.07, 6.45) is 3.63. The first-order valence-corrected chi connectivity index (χ1v) is 11.3. The highest BCUT2D eigenvalue weighted by Gasteiger charge is 2.21. The van der Waals surface area contributed by atoms with Crippen LogP contribution in [0.3, 0.4) is 0 Å². The minimum absolute atomic E-state index is 0.0882. The average Bonchev–Trinajstić information content (AvgIpc) is 2.93. The highest BCUT2D eigenvalue weighted by Crippen LogP contribution is 2.44. The monoisotopic (exact) mass is 437 g/mol.